The number of carbonyl (C=O) groups excluding carboxylic acids is 2. The van der Waals surface area contributed by atoms with Crippen LogP contribution in [0.2, 0.25) is 0 Å². The molecule has 2 amide bonds. The van der Waals surface area contributed by atoms with Crippen molar-refractivity contribution in [1.82, 2.24) is 9.21 Å². The lowest BCUT2D eigenvalue weighted by Crippen LogP contribution is -2.45. The molecule has 7 nitrogen and oxygen atoms in total. The van der Waals surface area contributed by atoms with Crippen molar-refractivity contribution in [1.29, 1.82) is 0 Å². The fraction of sp³-hybridized carbons (Fsp3) is 0.619. The summed E-state index contributed by atoms with van der Waals surface area (Å²) in [4.78, 5) is 27.0. The maximum absolute atomic E-state index is 12.6. The monoisotopic (exact) mass is 423 g/mol. The van der Waals surface area contributed by atoms with Gasteiger partial charge in [-0.3, -0.25) is 9.59 Å². The van der Waals surface area contributed by atoms with Crippen molar-refractivity contribution < 1.29 is 18.0 Å². The number of hydrogen-bond acceptors (Lipinski definition) is 4. The molecule has 1 N–H and O–H groups in total. The molecule has 0 unspecified atom stereocenters. The largest absolute Gasteiger partial charge is 0.342 e. The Hall–Kier alpha value is -1.93. The lowest BCUT2D eigenvalue weighted by Gasteiger charge is -2.35. The molecular formula is C21H33N3O4S. The van der Waals surface area contributed by atoms with Gasteiger partial charge >= 0.3 is 0 Å². The molecule has 29 heavy (non-hydrogen) atoms. The number of hydrogen-bond donors (Lipinski definition) is 1. The molecule has 0 spiro atoms. The van der Waals surface area contributed by atoms with Crippen LogP contribution in [-0.2, 0) is 19.6 Å². The van der Waals surface area contributed by atoms with E-state index in [0.717, 1.165) is 0 Å². The summed E-state index contributed by atoms with van der Waals surface area (Å²) in [6.07, 6.45) is 1.25. The van der Waals surface area contributed by atoms with Gasteiger partial charge in [0.25, 0.3) is 0 Å². The van der Waals surface area contributed by atoms with E-state index in [4.69, 9.17) is 0 Å². The fourth-order valence-electron chi connectivity index (χ4n) is 3.22. The molecule has 2 rings (SSSR count). The normalized spacial score (nSPS) is 16.3. The minimum absolute atomic E-state index is 0.0947. The summed E-state index contributed by atoms with van der Waals surface area (Å²) in [6.45, 7) is 10.5. The highest BCUT2D eigenvalue weighted by Gasteiger charge is 2.32. The molecule has 0 saturated carbocycles. The first kappa shape index (κ1) is 23.3. The van der Waals surface area contributed by atoms with E-state index in [1.54, 1.807) is 19.2 Å². The Morgan fingerprint density at radius 1 is 1.10 bits per heavy atom. The van der Waals surface area contributed by atoms with E-state index in [-0.39, 0.29) is 28.7 Å². The second-order valence-electron chi connectivity index (χ2n) is 8.95. The number of piperidine rings is 1. The van der Waals surface area contributed by atoms with Gasteiger partial charge in [-0.05, 0) is 51.0 Å². The van der Waals surface area contributed by atoms with Crippen LogP contribution in [-0.4, -0.2) is 55.6 Å². The average Bonchev–Trinajstić information content (AvgIpc) is 2.66. The van der Waals surface area contributed by atoms with Crippen molar-refractivity contribution in [3.63, 3.8) is 0 Å². The van der Waals surface area contributed by atoms with Gasteiger partial charge in [-0.1, -0.05) is 20.8 Å². The van der Waals surface area contributed by atoms with E-state index in [1.807, 2.05) is 39.5 Å². The van der Waals surface area contributed by atoms with Crippen LogP contribution in [0.4, 0.5) is 5.69 Å². The second-order valence-corrected chi connectivity index (χ2v) is 10.9. The van der Waals surface area contributed by atoms with E-state index < -0.39 is 15.4 Å². The maximum Gasteiger partial charge on any atom is 0.243 e. The van der Waals surface area contributed by atoms with Gasteiger partial charge < -0.3 is 10.2 Å². The van der Waals surface area contributed by atoms with E-state index in [0.29, 0.717) is 31.6 Å². The predicted molar refractivity (Wildman–Crippen MR) is 114 cm³/mol. The molecule has 0 aromatic heterocycles. The molecule has 1 aromatic carbocycles. The van der Waals surface area contributed by atoms with Gasteiger partial charge in [0.15, 0.2) is 0 Å². The first-order chi connectivity index (χ1) is 13.3. The Morgan fingerprint density at radius 2 is 1.62 bits per heavy atom. The lowest BCUT2D eigenvalue weighted by atomic mass is 9.90. The van der Waals surface area contributed by atoms with Crippen LogP contribution < -0.4 is 5.32 Å². The number of benzene rings is 1. The van der Waals surface area contributed by atoms with Gasteiger partial charge in [0.05, 0.1) is 4.90 Å². The van der Waals surface area contributed by atoms with E-state index in [2.05, 4.69) is 5.32 Å². The number of amides is 2. The molecule has 0 radical (unpaired) electrons. The molecule has 162 valence electrons. The molecule has 1 fully saturated rings. The molecular weight excluding hydrogens is 390 g/mol. The van der Waals surface area contributed by atoms with Gasteiger partial charge in [-0.15, -0.1) is 0 Å². The molecule has 1 heterocycles. The third kappa shape index (κ3) is 5.57. The third-order valence-electron chi connectivity index (χ3n) is 5.32. The topological polar surface area (TPSA) is 86.8 Å². The molecule has 0 atom stereocenters. The summed E-state index contributed by atoms with van der Waals surface area (Å²) in [5.74, 6) is -0.142. The van der Waals surface area contributed by atoms with E-state index >= 15 is 0 Å². The first-order valence-electron chi connectivity index (χ1n) is 10.0. The van der Waals surface area contributed by atoms with Gasteiger partial charge in [-0.25, -0.2) is 8.42 Å². The third-order valence-corrected chi connectivity index (χ3v) is 7.37. The zero-order valence-corrected chi connectivity index (χ0v) is 19.0. The average molecular weight is 424 g/mol. The Balaban J connectivity index is 1.96. The summed E-state index contributed by atoms with van der Waals surface area (Å²) in [5.41, 5.74) is 0.148. The van der Waals surface area contributed by atoms with Crippen molar-refractivity contribution in [2.24, 2.45) is 11.3 Å². The maximum atomic E-state index is 12.6. The van der Waals surface area contributed by atoms with Crippen LogP contribution in [0.3, 0.4) is 0 Å². The summed E-state index contributed by atoms with van der Waals surface area (Å²) in [7, 11) is -2.00. The molecule has 1 aliphatic heterocycles. The van der Waals surface area contributed by atoms with Crippen LogP contribution >= 0.6 is 0 Å². The minimum Gasteiger partial charge on any atom is -0.342 e. The number of carbonyl (C=O) groups is 2. The van der Waals surface area contributed by atoms with Crippen LogP contribution in [0.15, 0.2) is 29.2 Å². The Labute approximate surface area is 174 Å². The number of nitrogens with one attached hydrogen (secondary N) is 1. The Bertz CT molecular complexity index is 834. The van der Waals surface area contributed by atoms with E-state index in [1.165, 1.54) is 16.4 Å². The molecule has 0 bridgehead atoms. The van der Waals surface area contributed by atoms with E-state index in [9.17, 15) is 18.0 Å². The Morgan fingerprint density at radius 3 is 2.07 bits per heavy atom. The minimum atomic E-state index is -3.55. The predicted octanol–water partition coefficient (Wildman–Crippen LogP) is 2.94. The summed E-state index contributed by atoms with van der Waals surface area (Å²) >= 11 is 0. The van der Waals surface area contributed by atoms with Gasteiger partial charge in [0.1, 0.15) is 0 Å². The number of nitrogens with zero attached hydrogens (tertiary/aromatic N) is 2. The smallest absolute Gasteiger partial charge is 0.243 e. The highest BCUT2D eigenvalue weighted by atomic mass is 32.2. The zero-order chi connectivity index (χ0) is 22.0. The number of likely N-dealkylation sites (tertiary alicyclic amines) is 1. The van der Waals surface area contributed by atoms with Crippen molar-refractivity contribution >= 4 is 27.5 Å². The zero-order valence-electron chi connectivity index (χ0n) is 18.2. The number of rotatable bonds is 5. The van der Waals surface area contributed by atoms with Crippen LogP contribution in [0.1, 0.15) is 47.5 Å². The lowest BCUT2D eigenvalue weighted by molar-refractivity contribution is -0.142. The van der Waals surface area contributed by atoms with Gasteiger partial charge in [0, 0.05) is 43.2 Å². The first-order valence-corrected chi connectivity index (χ1v) is 11.5. The molecule has 1 aromatic rings. The van der Waals surface area contributed by atoms with Crippen LogP contribution in [0.25, 0.3) is 0 Å². The Kier molecular flexibility index (Phi) is 7.11. The molecule has 1 aliphatic rings. The SMILES string of the molecule is CC(C)N(C)S(=O)(=O)c1ccc(NC(=O)C2CCN(C(=O)C(C)(C)C)CC2)cc1. The quantitative estimate of drug-likeness (QED) is 0.789. The van der Waals surface area contributed by atoms with Crippen molar-refractivity contribution in [3.05, 3.63) is 24.3 Å². The molecule has 1 saturated heterocycles. The fourth-order valence-corrected chi connectivity index (χ4v) is 4.59. The molecule has 8 heteroatoms. The number of anilines is 1. The summed E-state index contributed by atoms with van der Waals surface area (Å²) in [6, 6.07) is 6.09. The summed E-state index contributed by atoms with van der Waals surface area (Å²) in [5, 5.41) is 2.87. The van der Waals surface area contributed by atoms with Crippen molar-refractivity contribution in [2.75, 3.05) is 25.5 Å². The van der Waals surface area contributed by atoms with Crippen LogP contribution in [0, 0.1) is 11.3 Å². The summed E-state index contributed by atoms with van der Waals surface area (Å²) < 4.78 is 26.3. The van der Waals surface area contributed by atoms with Gasteiger partial charge in [-0.2, -0.15) is 4.31 Å². The standard InChI is InChI=1S/C21H33N3O4S/c1-15(2)23(6)29(27,28)18-9-7-17(8-10-18)22-19(25)16-11-13-24(14-12-16)20(26)21(3,4)5/h7-10,15-16H,11-14H2,1-6H3,(H,22,25). The van der Waals surface area contributed by atoms with Crippen LogP contribution in [0.5, 0.6) is 0 Å². The highest BCUT2D eigenvalue weighted by molar-refractivity contribution is 7.89. The molecule has 0 aliphatic carbocycles. The number of sulfonamides is 1. The second kappa shape index (κ2) is 8.83. The van der Waals surface area contributed by atoms with Crippen molar-refractivity contribution in [3.8, 4) is 0 Å². The highest BCUT2D eigenvalue weighted by Crippen LogP contribution is 2.25. The van der Waals surface area contributed by atoms with Crippen molar-refractivity contribution in [2.45, 2.75) is 58.4 Å². The van der Waals surface area contributed by atoms with Gasteiger partial charge in [0.2, 0.25) is 21.8 Å².